The highest BCUT2D eigenvalue weighted by Gasteiger charge is 2.33. The van der Waals surface area contributed by atoms with E-state index in [1.165, 1.54) is 0 Å². The van der Waals surface area contributed by atoms with E-state index in [0.29, 0.717) is 0 Å². The lowest BCUT2D eigenvalue weighted by molar-refractivity contribution is -0.149. The molecule has 1 aliphatic carbocycles. The fourth-order valence-electron chi connectivity index (χ4n) is 1.59. The zero-order valence-corrected chi connectivity index (χ0v) is 10.6. The van der Waals surface area contributed by atoms with Gasteiger partial charge in [-0.25, -0.2) is 4.79 Å². The van der Waals surface area contributed by atoms with Crippen molar-refractivity contribution in [3.05, 3.63) is 0 Å². The Morgan fingerprint density at radius 3 is 2.44 bits per heavy atom. The first-order valence-electron chi connectivity index (χ1n) is 6.15. The molecule has 1 rings (SSSR count). The van der Waals surface area contributed by atoms with Crippen LogP contribution in [0.4, 0.5) is 0 Å². The molecule has 0 radical (unpaired) electrons. The minimum absolute atomic E-state index is 0.0482. The van der Waals surface area contributed by atoms with Gasteiger partial charge in [0.2, 0.25) is 5.91 Å². The second kappa shape index (κ2) is 6.37. The van der Waals surface area contributed by atoms with Gasteiger partial charge in [-0.2, -0.15) is 0 Å². The zero-order chi connectivity index (χ0) is 13.7. The number of carbonyl (C=O) groups excluding carboxylic acids is 2. The van der Waals surface area contributed by atoms with E-state index in [1.54, 1.807) is 13.8 Å². The van der Waals surface area contributed by atoms with Crippen molar-refractivity contribution in [3.8, 4) is 0 Å². The molecule has 1 amide bonds. The van der Waals surface area contributed by atoms with Gasteiger partial charge in [-0.3, -0.25) is 9.59 Å². The highest BCUT2D eigenvalue weighted by molar-refractivity contribution is 5.86. The lowest BCUT2D eigenvalue weighted by Gasteiger charge is -2.17. The number of carbonyl (C=O) groups is 3. The van der Waals surface area contributed by atoms with Crippen LogP contribution in [0, 0.1) is 11.8 Å². The van der Waals surface area contributed by atoms with Gasteiger partial charge in [-0.05, 0) is 26.2 Å². The average Bonchev–Trinajstić information content (AvgIpc) is 3.11. The molecule has 6 heteroatoms. The van der Waals surface area contributed by atoms with E-state index in [1.807, 2.05) is 0 Å². The number of aliphatic carboxylic acids is 1. The number of nitrogens with one attached hydrogen (secondary N) is 1. The second-order valence-corrected chi connectivity index (χ2v) is 4.56. The third-order valence-electron chi connectivity index (χ3n) is 2.84. The van der Waals surface area contributed by atoms with Crippen molar-refractivity contribution in [1.82, 2.24) is 5.32 Å². The van der Waals surface area contributed by atoms with E-state index in [4.69, 9.17) is 9.84 Å². The first-order chi connectivity index (χ1) is 8.45. The van der Waals surface area contributed by atoms with Gasteiger partial charge < -0.3 is 15.2 Å². The SMILES string of the molecule is CCOC(=O)[C@@H](C)C[C@@H](NC(=O)C1CC1)C(=O)O. The van der Waals surface area contributed by atoms with Crippen LogP contribution in [0.1, 0.15) is 33.1 Å². The Balaban J connectivity index is 2.48. The number of esters is 1. The fourth-order valence-corrected chi connectivity index (χ4v) is 1.59. The molecule has 0 aromatic carbocycles. The van der Waals surface area contributed by atoms with Gasteiger partial charge in [-0.1, -0.05) is 6.92 Å². The number of amides is 1. The Morgan fingerprint density at radius 1 is 1.39 bits per heavy atom. The smallest absolute Gasteiger partial charge is 0.326 e. The summed E-state index contributed by atoms with van der Waals surface area (Å²) in [6, 6.07) is -1.03. The summed E-state index contributed by atoms with van der Waals surface area (Å²) in [5.74, 6) is -2.40. The van der Waals surface area contributed by atoms with Crippen LogP contribution in [-0.4, -0.2) is 35.6 Å². The summed E-state index contributed by atoms with van der Waals surface area (Å²) in [6.45, 7) is 3.54. The molecule has 0 spiro atoms. The average molecular weight is 257 g/mol. The van der Waals surface area contributed by atoms with Crippen LogP contribution in [0.15, 0.2) is 0 Å². The zero-order valence-electron chi connectivity index (χ0n) is 10.6. The molecule has 2 atom stereocenters. The molecule has 1 fully saturated rings. The first-order valence-corrected chi connectivity index (χ1v) is 6.15. The van der Waals surface area contributed by atoms with Crippen LogP contribution < -0.4 is 5.32 Å². The van der Waals surface area contributed by atoms with Crippen molar-refractivity contribution < 1.29 is 24.2 Å². The molecule has 0 heterocycles. The molecule has 0 aromatic heterocycles. The van der Waals surface area contributed by atoms with E-state index in [-0.39, 0.29) is 24.9 Å². The summed E-state index contributed by atoms with van der Waals surface area (Å²) in [6.07, 6.45) is 1.67. The van der Waals surface area contributed by atoms with Gasteiger partial charge in [0.15, 0.2) is 0 Å². The van der Waals surface area contributed by atoms with E-state index < -0.39 is 23.9 Å². The van der Waals surface area contributed by atoms with Crippen molar-refractivity contribution in [3.63, 3.8) is 0 Å². The molecule has 0 unspecified atom stereocenters. The highest BCUT2D eigenvalue weighted by Crippen LogP contribution is 2.29. The van der Waals surface area contributed by atoms with Crippen molar-refractivity contribution in [2.75, 3.05) is 6.61 Å². The summed E-state index contributed by atoms with van der Waals surface area (Å²) in [5, 5.41) is 11.5. The van der Waals surface area contributed by atoms with Crippen LogP contribution >= 0.6 is 0 Å². The van der Waals surface area contributed by atoms with Gasteiger partial charge in [-0.15, -0.1) is 0 Å². The van der Waals surface area contributed by atoms with Crippen molar-refractivity contribution >= 4 is 17.8 Å². The first kappa shape index (κ1) is 14.5. The van der Waals surface area contributed by atoms with Gasteiger partial charge in [0, 0.05) is 5.92 Å². The summed E-state index contributed by atoms with van der Waals surface area (Å²) in [7, 11) is 0. The highest BCUT2D eigenvalue weighted by atomic mass is 16.5. The molecule has 0 aromatic rings. The normalized spacial score (nSPS) is 17.7. The quantitative estimate of drug-likeness (QED) is 0.650. The minimum Gasteiger partial charge on any atom is -0.480 e. The lowest BCUT2D eigenvalue weighted by Crippen LogP contribution is -2.43. The Morgan fingerprint density at radius 2 is 2.00 bits per heavy atom. The number of hydrogen-bond acceptors (Lipinski definition) is 4. The molecule has 6 nitrogen and oxygen atoms in total. The van der Waals surface area contributed by atoms with Crippen LogP contribution in [0.5, 0.6) is 0 Å². The van der Waals surface area contributed by atoms with Gasteiger partial charge in [0.1, 0.15) is 6.04 Å². The molecule has 18 heavy (non-hydrogen) atoms. The number of carboxylic acid groups (broad SMARTS) is 1. The molecule has 102 valence electrons. The molecule has 1 aliphatic rings. The molecule has 1 saturated carbocycles. The lowest BCUT2D eigenvalue weighted by atomic mass is 10.0. The third-order valence-corrected chi connectivity index (χ3v) is 2.84. The molecule has 0 aliphatic heterocycles. The predicted octanol–water partition coefficient (Wildman–Crippen LogP) is 0.555. The molecule has 0 bridgehead atoms. The summed E-state index contributed by atoms with van der Waals surface area (Å²) < 4.78 is 4.80. The van der Waals surface area contributed by atoms with Crippen LogP contribution in [0.3, 0.4) is 0 Å². The number of ether oxygens (including phenoxy) is 1. The maximum atomic E-state index is 11.5. The van der Waals surface area contributed by atoms with E-state index in [0.717, 1.165) is 12.8 Å². The van der Waals surface area contributed by atoms with Crippen molar-refractivity contribution in [2.24, 2.45) is 11.8 Å². The third kappa shape index (κ3) is 4.35. The Hall–Kier alpha value is -1.59. The standard InChI is InChI=1S/C12H19NO5/c1-3-18-12(17)7(2)6-9(11(15)16)13-10(14)8-4-5-8/h7-9H,3-6H2,1-2H3,(H,13,14)(H,15,16)/t7-,9+/m0/s1. The summed E-state index contributed by atoms with van der Waals surface area (Å²) in [4.78, 5) is 33.9. The Bertz CT molecular complexity index is 337. The second-order valence-electron chi connectivity index (χ2n) is 4.56. The number of carboxylic acids is 1. The van der Waals surface area contributed by atoms with E-state index >= 15 is 0 Å². The van der Waals surface area contributed by atoms with Crippen LogP contribution in [-0.2, 0) is 19.1 Å². The molecular weight excluding hydrogens is 238 g/mol. The van der Waals surface area contributed by atoms with E-state index in [2.05, 4.69) is 5.32 Å². The maximum absolute atomic E-state index is 11.5. The minimum atomic E-state index is -1.12. The number of hydrogen-bond donors (Lipinski definition) is 2. The largest absolute Gasteiger partial charge is 0.480 e. The summed E-state index contributed by atoms with van der Waals surface area (Å²) in [5.41, 5.74) is 0. The molecular formula is C12H19NO5. The van der Waals surface area contributed by atoms with Crippen LogP contribution in [0.25, 0.3) is 0 Å². The van der Waals surface area contributed by atoms with Gasteiger partial charge >= 0.3 is 11.9 Å². The summed E-state index contributed by atoms with van der Waals surface area (Å²) >= 11 is 0. The Labute approximate surface area is 106 Å². The topological polar surface area (TPSA) is 92.7 Å². The fraction of sp³-hybridized carbons (Fsp3) is 0.750. The van der Waals surface area contributed by atoms with Crippen molar-refractivity contribution in [2.45, 2.75) is 39.2 Å². The van der Waals surface area contributed by atoms with Gasteiger partial charge in [0.05, 0.1) is 12.5 Å². The molecule has 2 N–H and O–H groups in total. The van der Waals surface area contributed by atoms with Gasteiger partial charge in [0.25, 0.3) is 0 Å². The monoisotopic (exact) mass is 257 g/mol. The number of rotatable bonds is 7. The maximum Gasteiger partial charge on any atom is 0.326 e. The Kier molecular flexibility index (Phi) is 5.12. The van der Waals surface area contributed by atoms with Crippen molar-refractivity contribution in [1.29, 1.82) is 0 Å². The molecule has 0 saturated heterocycles. The predicted molar refractivity (Wildman–Crippen MR) is 62.7 cm³/mol. The van der Waals surface area contributed by atoms with Crippen LogP contribution in [0.2, 0.25) is 0 Å². The van der Waals surface area contributed by atoms with E-state index in [9.17, 15) is 14.4 Å².